The van der Waals surface area contributed by atoms with E-state index < -0.39 is 0 Å². The number of likely N-dealkylation sites (N-methyl/N-ethyl adjacent to an activating group) is 1. The average molecular weight is 331 g/mol. The van der Waals surface area contributed by atoms with Gasteiger partial charge in [-0.05, 0) is 33.2 Å². The van der Waals surface area contributed by atoms with Gasteiger partial charge in [-0.2, -0.15) is 4.98 Å². The largest absolute Gasteiger partial charge is 0.497 e. The Morgan fingerprint density at radius 1 is 1.08 bits per heavy atom. The van der Waals surface area contributed by atoms with Crippen molar-refractivity contribution in [2.75, 3.05) is 52.0 Å². The highest BCUT2D eigenvalue weighted by Gasteiger charge is 2.08. The maximum atomic E-state index is 5.40. The molecule has 0 radical (unpaired) electrons. The third kappa shape index (κ3) is 4.99. The van der Waals surface area contributed by atoms with E-state index >= 15 is 0 Å². The van der Waals surface area contributed by atoms with Gasteiger partial charge in [0.15, 0.2) is 0 Å². The minimum Gasteiger partial charge on any atom is -0.497 e. The Hall–Kier alpha value is -2.54. The zero-order chi connectivity index (χ0) is 17.5. The van der Waals surface area contributed by atoms with Crippen LogP contribution in [-0.4, -0.2) is 56.3 Å². The first-order chi connectivity index (χ1) is 11.5. The van der Waals surface area contributed by atoms with E-state index in [9.17, 15) is 0 Å². The van der Waals surface area contributed by atoms with Crippen molar-refractivity contribution in [1.29, 1.82) is 0 Å². The zero-order valence-corrected chi connectivity index (χ0v) is 14.9. The summed E-state index contributed by atoms with van der Waals surface area (Å²) in [5.74, 6) is 2.74. The molecule has 0 spiro atoms. The second-order valence-electron chi connectivity index (χ2n) is 5.64. The number of rotatable bonds is 8. The SMILES string of the molecule is COc1ccc(Nc2cc(C)nc(NCCN(C)C)n2)c(OC)c1. The lowest BCUT2D eigenvalue weighted by Crippen LogP contribution is -2.21. The molecule has 2 rings (SSSR count). The molecule has 0 aliphatic rings. The first-order valence-corrected chi connectivity index (χ1v) is 7.75. The molecule has 1 heterocycles. The fourth-order valence-electron chi connectivity index (χ4n) is 2.14. The number of benzene rings is 1. The number of anilines is 3. The Bertz CT molecular complexity index is 676. The smallest absolute Gasteiger partial charge is 0.224 e. The highest BCUT2D eigenvalue weighted by molar-refractivity contribution is 5.66. The monoisotopic (exact) mass is 331 g/mol. The van der Waals surface area contributed by atoms with E-state index in [0.717, 1.165) is 30.2 Å². The molecular weight excluding hydrogens is 306 g/mol. The number of aryl methyl sites for hydroxylation is 1. The van der Waals surface area contributed by atoms with Gasteiger partial charge in [0, 0.05) is 30.9 Å². The summed E-state index contributed by atoms with van der Waals surface area (Å²) >= 11 is 0. The number of methoxy groups -OCH3 is 2. The minimum atomic E-state index is 0.604. The van der Waals surface area contributed by atoms with E-state index in [1.165, 1.54) is 0 Å². The summed E-state index contributed by atoms with van der Waals surface area (Å²) in [5, 5.41) is 6.51. The van der Waals surface area contributed by atoms with Crippen LogP contribution in [0.5, 0.6) is 11.5 Å². The molecule has 0 aliphatic carbocycles. The fraction of sp³-hybridized carbons (Fsp3) is 0.412. The number of nitrogens with one attached hydrogen (secondary N) is 2. The predicted octanol–water partition coefficient (Wildman–Crippen LogP) is 2.52. The second-order valence-corrected chi connectivity index (χ2v) is 5.64. The van der Waals surface area contributed by atoms with Crippen LogP contribution in [0.3, 0.4) is 0 Å². The van der Waals surface area contributed by atoms with Gasteiger partial charge in [0.1, 0.15) is 17.3 Å². The highest BCUT2D eigenvalue weighted by Crippen LogP contribution is 2.31. The standard InChI is InChI=1S/C17H25N5O2/c1-12-10-16(21-17(19-12)18-8-9-22(2)3)20-14-7-6-13(23-4)11-15(14)24-5/h6-7,10-11H,8-9H2,1-5H3,(H2,18,19,20,21). The van der Waals surface area contributed by atoms with E-state index in [1.807, 2.05) is 45.3 Å². The number of ether oxygens (including phenoxy) is 2. The molecule has 0 saturated heterocycles. The molecular formula is C17H25N5O2. The van der Waals surface area contributed by atoms with Gasteiger partial charge in [-0.1, -0.05) is 0 Å². The Morgan fingerprint density at radius 3 is 2.54 bits per heavy atom. The third-order valence-electron chi connectivity index (χ3n) is 3.37. The van der Waals surface area contributed by atoms with E-state index in [2.05, 4.69) is 25.5 Å². The van der Waals surface area contributed by atoms with Crippen LogP contribution < -0.4 is 20.1 Å². The molecule has 0 fully saturated rings. The maximum absolute atomic E-state index is 5.40. The van der Waals surface area contributed by atoms with Crippen LogP contribution in [0.4, 0.5) is 17.5 Å². The van der Waals surface area contributed by atoms with E-state index in [4.69, 9.17) is 9.47 Å². The highest BCUT2D eigenvalue weighted by atomic mass is 16.5. The number of aromatic nitrogens is 2. The summed E-state index contributed by atoms with van der Waals surface area (Å²) in [6, 6.07) is 7.48. The van der Waals surface area contributed by atoms with Crippen molar-refractivity contribution in [2.24, 2.45) is 0 Å². The molecule has 0 bridgehead atoms. The molecule has 7 nitrogen and oxygen atoms in total. The van der Waals surface area contributed by atoms with Gasteiger partial charge in [0.2, 0.25) is 5.95 Å². The van der Waals surface area contributed by atoms with E-state index in [-0.39, 0.29) is 0 Å². The number of hydrogen-bond donors (Lipinski definition) is 2. The first kappa shape index (κ1) is 17.8. The topological polar surface area (TPSA) is 71.5 Å². The van der Waals surface area contributed by atoms with Gasteiger partial charge >= 0.3 is 0 Å². The maximum Gasteiger partial charge on any atom is 0.224 e. The lowest BCUT2D eigenvalue weighted by atomic mass is 10.2. The van der Waals surface area contributed by atoms with Crippen molar-refractivity contribution < 1.29 is 9.47 Å². The van der Waals surface area contributed by atoms with E-state index in [1.54, 1.807) is 14.2 Å². The van der Waals surface area contributed by atoms with Gasteiger partial charge in [0.25, 0.3) is 0 Å². The Balaban J connectivity index is 2.16. The van der Waals surface area contributed by atoms with Crippen molar-refractivity contribution in [3.05, 3.63) is 30.0 Å². The van der Waals surface area contributed by atoms with Crippen LogP contribution in [-0.2, 0) is 0 Å². The lowest BCUT2D eigenvalue weighted by molar-refractivity contribution is 0.395. The van der Waals surface area contributed by atoms with Crippen LogP contribution in [0.15, 0.2) is 24.3 Å². The van der Waals surface area contributed by atoms with E-state index in [0.29, 0.717) is 17.5 Å². The van der Waals surface area contributed by atoms with Crippen LogP contribution in [0.1, 0.15) is 5.69 Å². The first-order valence-electron chi connectivity index (χ1n) is 7.75. The summed E-state index contributed by atoms with van der Waals surface area (Å²) in [4.78, 5) is 11.0. The molecule has 2 aromatic rings. The van der Waals surface area contributed by atoms with Crippen molar-refractivity contribution in [1.82, 2.24) is 14.9 Å². The molecule has 0 amide bonds. The Kier molecular flexibility index (Phi) is 6.20. The van der Waals surface area contributed by atoms with Crippen LogP contribution in [0.2, 0.25) is 0 Å². The minimum absolute atomic E-state index is 0.604. The summed E-state index contributed by atoms with van der Waals surface area (Å²) in [6.07, 6.45) is 0. The third-order valence-corrected chi connectivity index (χ3v) is 3.37. The molecule has 0 unspecified atom stereocenters. The Labute approximate surface area is 143 Å². The van der Waals surface area contributed by atoms with Crippen LogP contribution in [0, 0.1) is 6.92 Å². The summed E-state index contributed by atoms with van der Waals surface area (Å²) in [7, 11) is 7.31. The van der Waals surface area contributed by atoms with Crippen molar-refractivity contribution in [3.8, 4) is 11.5 Å². The molecule has 1 aromatic carbocycles. The molecule has 1 aromatic heterocycles. The zero-order valence-electron chi connectivity index (χ0n) is 14.9. The molecule has 7 heteroatoms. The average Bonchev–Trinajstić information content (AvgIpc) is 2.54. The molecule has 0 saturated carbocycles. The normalized spacial score (nSPS) is 10.6. The lowest BCUT2D eigenvalue weighted by Gasteiger charge is -2.14. The van der Waals surface area contributed by atoms with Crippen LogP contribution in [0.25, 0.3) is 0 Å². The van der Waals surface area contributed by atoms with Gasteiger partial charge < -0.3 is 25.0 Å². The summed E-state index contributed by atoms with van der Waals surface area (Å²) in [6.45, 7) is 3.63. The van der Waals surface area contributed by atoms with Gasteiger partial charge in [-0.15, -0.1) is 0 Å². The molecule has 24 heavy (non-hydrogen) atoms. The molecule has 2 N–H and O–H groups in total. The predicted molar refractivity (Wildman–Crippen MR) is 96.6 cm³/mol. The van der Waals surface area contributed by atoms with Gasteiger partial charge in [-0.3, -0.25) is 0 Å². The van der Waals surface area contributed by atoms with Crippen molar-refractivity contribution in [3.63, 3.8) is 0 Å². The summed E-state index contributed by atoms with van der Waals surface area (Å²) in [5.41, 5.74) is 1.70. The van der Waals surface area contributed by atoms with Crippen molar-refractivity contribution in [2.45, 2.75) is 6.92 Å². The summed E-state index contributed by atoms with van der Waals surface area (Å²) < 4.78 is 10.6. The van der Waals surface area contributed by atoms with Crippen molar-refractivity contribution >= 4 is 17.5 Å². The molecule has 0 atom stereocenters. The number of nitrogens with zero attached hydrogens (tertiary/aromatic N) is 3. The second kappa shape index (κ2) is 8.35. The number of hydrogen-bond acceptors (Lipinski definition) is 7. The molecule has 130 valence electrons. The molecule has 0 aliphatic heterocycles. The van der Waals surface area contributed by atoms with Crippen LogP contribution >= 0.6 is 0 Å². The quantitative estimate of drug-likeness (QED) is 0.770. The Morgan fingerprint density at radius 2 is 1.88 bits per heavy atom. The van der Waals surface area contributed by atoms with Gasteiger partial charge in [0.05, 0.1) is 19.9 Å². The fourth-order valence-corrected chi connectivity index (χ4v) is 2.14. The van der Waals surface area contributed by atoms with Gasteiger partial charge in [-0.25, -0.2) is 4.98 Å².